The number of carboxylic acid groups (broad SMARTS) is 1. The van der Waals surface area contributed by atoms with Crippen LogP contribution in [0, 0.1) is 0 Å². The molecule has 106 valence electrons. The molecule has 0 aliphatic carbocycles. The van der Waals surface area contributed by atoms with Crippen LogP contribution < -0.4 is 10.6 Å². The molecule has 0 aliphatic rings. The van der Waals surface area contributed by atoms with E-state index in [1.54, 1.807) is 0 Å². The van der Waals surface area contributed by atoms with Crippen LogP contribution in [-0.4, -0.2) is 63.3 Å². The van der Waals surface area contributed by atoms with Crippen LogP contribution in [0.5, 0.6) is 0 Å². The monoisotopic (exact) mass is 282 g/mol. The van der Waals surface area contributed by atoms with Crippen molar-refractivity contribution in [3.05, 3.63) is 0 Å². The zero-order chi connectivity index (χ0) is 14.0. The zero-order valence-corrected chi connectivity index (χ0v) is 11.0. The van der Waals surface area contributed by atoms with Gasteiger partial charge in [0.15, 0.2) is 9.84 Å². The number of ether oxygens (including phenoxy) is 1. The molecule has 0 saturated carbocycles. The van der Waals surface area contributed by atoms with E-state index in [4.69, 9.17) is 5.11 Å². The summed E-state index contributed by atoms with van der Waals surface area (Å²) in [6.07, 6.45) is 0. The number of sulfone groups is 1. The van der Waals surface area contributed by atoms with Crippen molar-refractivity contribution in [3.63, 3.8) is 0 Å². The van der Waals surface area contributed by atoms with E-state index < -0.39 is 28.4 Å². The number of rotatable bonds is 9. The van der Waals surface area contributed by atoms with E-state index in [9.17, 15) is 18.0 Å². The molecular weight excluding hydrogens is 264 g/mol. The molecule has 0 radical (unpaired) electrons. The van der Waals surface area contributed by atoms with Gasteiger partial charge >= 0.3 is 12.0 Å². The predicted octanol–water partition coefficient (Wildman–Crippen LogP) is -1.18. The average Bonchev–Trinajstić information content (AvgIpc) is 2.28. The van der Waals surface area contributed by atoms with Gasteiger partial charge in [-0.2, -0.15) is 0 Å². The maximum Gasteiger partial charge on any atom is 0.329 e. The molecule has 0 aromatic rings. The van der Waals surface area contributed by atoms with E-state index in [-0.39, 0.29) is 31.2 Å². The Morgan fingerprint density at radius 1 is 1.22 bits per heavy atom. The first-order valence-electron chi connectivity index (χ1n) is 5.39. The Bertz CT molecular complexity index is 367. The Labute approximate surface area is 106 Å². The van der Waals surface area contributed by atoms with Gasteiger partial charge in [-0.05, 0) is 0 Å². The molecule has 18 heavy (non-hydrogen) atoms. The summed E-state index contributed by atoms with van der Waals surface area (Å²) in [6, 6.07) is -0.514. The highest BCUT2D eigenvalue weighted by Crippen LogP contribution is 1.86. The SMILES string of the molecule is CCS(=O)(=O)CCNC(=O)NCCOCC(=O)O. The van der Waals surface area contributed by atoms with Gasteiger partial charge < -0.3 is 20.5 Å². The van der Waals surface area contributed by atoms with Gasteiger partial charge in [0.25, 0.3) is 0 Å². The third kappa shape index (κ3) is 9.85. The Morgan fingerprint density at radius 2 is 1.83 bits per heavy atom. The fourth-order valence-electron chi connectivity index (χ4n) is 0.923. The van der Waals surface area contributed by atoms with Crippen molar-refractivity contribution in [2.45, 2.75) is 6.92 Å². The number of hydrogen-bond acceptors (Lipinski definition) is 5. The largest absolute Gasteiger partial charge is 0.480 e. The Kier molecular flexibility index (Phi) is 8.05. The molecule has 0 unspecified atom stereocenters. The van der Waals surface area contributed by atoms with E-state index in [0.29, 0.717) is 0 Å². The van der Waals surface area contributed by atoms with Crippen molar-refractivity contribution in [1.29, 1.82) is 0 Å². The van der Waals surface area contributed by atoms with Gasteiger partial charge in [0.05, 0.1) is 12.4 Å². The molecule has 0 aliphatic heterocycles. The number of hydrogen-bond donors (Lipinski definition) is 3. The van der Waals surface area contributed by atoms with Crippen LogP contribution in [0.4, 0.5) is 4.79 Å². The van der Waals surface area contributed by atoms with Gasteiger partial charge in [-0.25, -0.2) is 18.0 Å². The maximum atomic E-state index is 11.1. The van der Waals surface area contributed by atoms with Crippen LogP contribution in [0.1, 0.15) is 6.92 Å². The van der Waals surface area contributed by atoms with Crippen molar-refractivity contribution in [1.82, 2.24) is 10.6 Å². The molecular formula is C9H18N2O6S. The number of amides is 2. The zero-order valence-electron chi connectivity index (χ0n) is 10.1. The Morgan fingerprint density at radius 3 is 2.39 bits per heavy atom. The third-order valence-corrected chi connectivity index (χ3v) is 3.60. The van der Waals surface area contributed by atoms with Gasteiger partial charge in [0.2, 0.25) is 0 Å². The van der Waals surface area contributed by atoms with Crippen molar-refractivity contribution >= 4 is 21.8 Å². The summed E-state index contributed by atoms with van der Waals surface area (Å²) >= 11 is 0. The minimum atomic E-state index is -3.09. The lowest BCUT2D eigenvalue weighted by Gasteiger charge is -2.07. The van der Waals surface area contributed by atoms with Crippen molar-refractivity contribution in [2.24, 2.45) is 0 Å². The molecule has 2 amide bonds. The van der Waals surface area contributed by atoms with Gasteiger partial charge in [-0.1, -0.05) is 6.92 Å². The minimum absolute atomic E-state index is 0.0397. The van der Waals surface area contributed by atoms with Gasteiger partial charge in [0, 0.05) is 18.8 Å². The van der Waals surface area contributed by atoms with Crippen LogP contribution in [0.25, 0.3) is 0 Å². The molecule has 0 atom stereocenters. The first-order chi connectivity index (χ1) is 8.37. The molecule has 9 heteroatoms. The molecule has 8 nitrogen and oxygen atoms in total. The summed E-state index contributed by atoms with van der Waals surface area (Å²) in [5.74, 6) is -1.14. The number of carbonyl (C=O) groups is 2. The molecule has 0 rings (SSSR count). The van der Waals surface area contributed by atoms with E-state index in [1.807, 2.05) is 0 Å². The summed E-state index contributed by atoms with van der Waals surface area (Å²) in [7, 11) is -3.09. The second-order valence-electron chi connectivity index (χ2n) is 3.37. The standard InChI is InChI=1S/C9H18N2O6S/c1-2-18(15,16)6-4-11-9(14)10-3-5-17-7-8(12)13/h2-7H2,1H3,(H,12,13)(H2,10,11,14). The van der Waals surface area contributed by atoms with E-state index >= 15 is 0 Å². The lowest BCUT2D eigenvalue weighted by atomic mass is 10.6. The lowest BCUT2D eigenvalue weighted by molar-refractivity contribution is -0.142. The van der Waals surface area contributed by atoms with Crippen molar-refractivity contribution < 1.29 is 27.9 Å². The molecule has 0 aromatic carbocycles. The predicted molar refractivity (Wildman–Crippen MR) is 64.2 cm³/mol. The molecule has 0 fully saturated rings. The lowest BCUT2D eigenvalue weighted by Crippen LogP contribution is -2.39. The summed E-state index contributed by atoms with van der Waals surface area (Å²) in [5.41, 5.74) is 0. The molecule has 0 spiro atoms. The average molecular weight is 282 g/mol. The van der Waals surface area contributed by atoms with Gasteiger partial charge in [-0.3, -0.25) is 0 Å². The number of carbonyl (C=O) groups excluding carboxylic acids is 1. The number of aliphatic carboxylic acids is 1. The highest BCUT2D eigenvalue weighted by Gasteiger charge is 2.07. The Hall–Kier alpha value is -1.35. The van der Waals surface area contributed by atoms with E-state index in [1.165, 1.54) is 6.92 Å². The first-order valence-corrected chi connectivity index (χ1v) is 7.21. The molecule has 0 saturated heterocycles. The molecule has 0 bridgehead atoms. The van der Waals surface area contributed by atoms with Crippen LogP contribution in [0.3, 0.4) is 0 Å². The number of nitrogens with one attached hydrogen (secondary N) is 2. The smallest absolute Gasteiger partial charge is 0.329 e. The van der Waals surface area contributed by atoms with Crippen LogP contribution in [-0.2, 0) is 19.4 Å². The highest BCUT2D eigenvalue weighted by atomic mass is 32.2. The summed E-state index contributed by atoms with van der Waals surface area (Å²) in [4.78, 5) is 21.2. The summed E-state index contributed by atoms with van der Waals surface area (Å²) < 4.78 is 26.9. The fraction of sp³-hybridized carbons (Fsp3) is 0.778. The highest BCUT2D eigenvalue weighted by molar-refractivity contribution is 7.91. The van der Waals surface area contributed by atoms with Crippen molar-refractivity contribution in [2.75, 3.05) is 37.8 Å². The first kappa shape index (κ1) is 16.6. The summed E-state index contributed by atoms with van der Waals surface area (Å²) in [6.45, 7) is 1.39. The normalized spacial score (nSPS) is 10.9. The number of urea groups is 1. The van der Waals surface area contributed by atoms with Gasteiger partial charge in [0.1, 0.15) is 6.61 Å². The van der Waals surface area contributed by atoms with Crippen molar-refractivity contribution in [3.8, 4) is 0 Å². The fourth-order valence-corrected chi connectivity index (χ4v) is 1.62. The van der Waals surface area contributed by atoms with Gasteiger partial charge in [-0.15, -0.1) is 0 Å². The second-order valence-corrected chi connectivity index (χ2v) is 5.84. The Balaban J connectivity index is 3.52. The topological polar surface area (TPSA) is 122 Å². The maximum absolute atomic E-state index is 11.1. The summed E-state index contributed by atoms with van der Waals surface area (Å²) in [5, 5.41) is 13.0. The van der Waals surface area contributed by atoms with E-state index in [0.717, 1.165) is 0 Å². The number of carboxylic acids is 1. The van der Waals surface area contributed by atoms with Crippen LogP contribution in [0.2, 0.25) is 0 Å². The van der Waals surface area contributed by atoms with Crippen LogP contribution >= 0.6 is 0 Å². The second kappa shape index (κ2) is 8.70. The minimum Gasteiger partial charge on any atom is -0.480 e. The third-order valence-electron chi connectivity index (χ3n) is 1.90. The quantitative estimate of drug-likeness (QED) is 0.458. The van der Waals surface area contributed by atoms with Crippen LogP contribution in [0.15, 0.2) is 0 Å². The molecule has 3 N–H and O–H groups in total. The molecule has 0 aromatic heterocycles. The molecule has 0 heterocycles. The van der Waals surface area contributed by atoms with E-state index in [2.05, 4.69) is 15.4 Å².